The predicted octanol–water partition coefficient (Wildman–Crippen LogP) is 2.24. The van der Waals surface area contributed by atoms with Gasteiger partial charge in [-0.3, -0.25) is 0 Å². The van der Waals surface area contributed by atoms with E-state index in [1.54, 1.807) is 0 Å². The molecule has 1 heterocycles. The van der Waals surface area contributed by atoms with E-state index in [0.29, 0.717) is 0 Å². The topological polar surface area (TPSA) is 55.8 Å². The summed E-state index contributed by atoms with van der Waals surface area (Å²) in [7, 11) is 0. The Bertz CT molecular complexity index is 482. The number of anilines is 1. The van der Waals surface area contributed by atoms with Crippen molar-refractivity contribution in [2.45, 2.75) is 39.2 Å². The Hall–Kier alpha value is -1.75. The molecule has 23 heavy (non-hydrogen) atoms. The summed E-state index contributed by atoms with van der Waals surface area (Å²) in [6, 6.07) is 8.82. The van der Waals surface area contributed by atoms with Crippen LogP contribution in [0.4, 0.5) is 10.5 Å². The number of nitrogens with one attached hydrogen (secondary N) is 1. The summed E-state index contributed by atoms with van der Waals surface area (Å²) in [5.41, 5.74) is 2.59. The van der Waals surface area contributed by atoms with Crippen LogP contribution in [0.25, 0.3) is 0 Å². The van der Waals surface area contributed by atoms with Gasteiger partial charge in [-0.1, -0.05) is 19.1 Å². The standard InChI is InChI=1S/C18H29N3O2/c1-3-16-6-8-17(9-7-16)20-10-12-21(13-11-20)18(23)19-15(2)5-4-14-22/h6-9,15,22H,3-5,10-14H2,1-2H3,(H,19,23). The third-order valence-corrected chi connectivity index (χ3v) is 4.44. The van der Waals surface area contributed by atoms with Crippen molar-refractivity contribution < 1.29 is 9.90 Å². The fraction of sp³-hybridized carbons (Fsp3) is 0.611. The smallest absolute Gasteiger partial charge is 0.317 e. The highest BCUT2D eigenvalue weighted by atomic mass is 16.3. The molecule has 1 aliphatic rings. The van der Waals surface area contributed by atoms with Crippen molar-refractivity contribution in [2.24, 2.45) is 0 Å². The molecular weight excluding hydrogens is 290 g/mol. The van der Waals surface area contributed by atoms with E-state index in [2.05, 4.69) is 41.4 Å². The van der Waals surface area contributed by atoms with E-state index >= 15 is 0 Å². The molecule has 128 valence electrons. The van der Waals surface area contributed by atoms with Crippen LogP contribution in [0.5, 0.6) is 0 Å². The van der Waals surface area contributed by atoms with E-state index in [9.17, 15) is 4.79 Å². The summed E-state index contributed by atoms with van der Waals surface area (Å²) in [5, 5.41) is 11.9. The fourth-order valence-corrected chi connectivity index (χ4v) is 2.88. The number of piperazine rings is 1. The Kier molecular flexibility index (Phi) is 6.71. The highest BCUT2D eigenvalue weighted by Gasteiger charge is 2.22. The molecule has 5 nitrogen and oxygen atoms in total. The first kappa shape index (κ1) is 17.6. The molecule has 2 amide bonds. The van der Waals surface area contributed by atoms with E-state index in [4.69, 9.17) is 5.11 Å². The first-order chi connectivity index (χ1) is 11.1. The average molecular weight is 319 g/mol. The molecule has 0 aromatic heterocycles. The molecule has 1 saturated heterocycles. The number of hydrogen-bond acceptors (Lipinski definition) is 3. The summed E-state index contributed by atoms with van der Waals surface area (Å²) < 4.78 is 0. The molecule has 2 N–H and O–H groups in total. The second-order valence-electron chi connectivity index (χ2n) is 6.21. The van der Waals surface area contributed by atoms with Gasteiger partial charge in [0.2, 0.25) is 0 Å². The minimum absolute atomic E-state index is 0.0106. The van der Waals surface area contributed by atoms with Gasteiger partial charge in [-0.15, -0.1) is 0 Å². The Morgan fingerprint density at radius 3 is 2.43 bits per heavy atom. The third kappa shape index (κ3) is 5.13. The molecule has 1 aromatic rings. The predicted molar refractivity (Wildman–Crippen MR) is 93.9 cm³/mol. The molecule has 1 aliphatic heterocycles. The number of carbonyl (C=O) groups is 1. The quantitative estimate of drug-likeness (QED) is 0.845. The lowest BCUT2D eigenvalue weighted by Gasteiger charge is -2.36. The van der Waals surface area contributed by atoms with Gasteiger partial charge in [-0.25, -0.2) is 4.79 Å². The van der Waals surface area contributed by atoms with Crippen molar-refractivity contribution in [3.05, 3.63) is 29.8 Å². The van der Waals surface area contributed by atoms with Crippen LogP contribution in [-0.2, 0) is 6.42 Å². The number of rotatable bonds is 6. The zero-order valence-corrected chi connectivity index (χ0v) is 14.3. The van der Waals surface area contributed by atoms with Crippen LogP contribution in [0.15, 0.2) is 24.3 Å². The first-order valence-electron chi connectivity index (χ1n) is 8.64. The molecule has 0 saturated carbocycles. The van der Waals surface area contributed by atoms with Crippen LogP contribution in [0.1, 0.15) is 32.3 Å². The minimum atomic E-state index is 0.0106. The summed E-state index contributed by atoms with van der Waals surface area (Å²) in [5.74, 6) is 0. The van der Waals surface area contributed by atoms with Crippen LogP contribution >= 0.6 is 0 Å². The Morgan fingerprint density at radius 1 is 1.22 bits per heavy atom. The first-order valence-corrected chi connectivity index (χ1v) is 8.64. The van der Waals surface area contributed by atoms with Crippen molar-refractivity contribution >= 4 is 11.7 Å². The molecule has 5 heteroatoms. The van der Waals surface area contributed by atoms with Gasteiger partial charge in [0.15, 0.2) is 0 Å². The summed E-state index contributed by atoms with van der Waals surface area (Å²) >= 11 is 0. The Labute approximate surface area is 139 Å². The van der Waals surface area contributed by atoms with E-state index in [1.807, 2.05) is 11.8 Å². The van der Waals surface area contributed by atoms with Crippen LogP contribution in [0, 0.1) is 0 Å². The van der Waals surface area contributed by atoms with Crippen molar-refractivity contribution in [3.63, 3.8) is 0 Å². The Balaban J connectivity index is 1.79. The normalized spacial score (nSPS) is 16.3. The van der Waals surface area contributed by atoms with Gasteiger partial charge in [0.1, 0.15) is 0 Å². The van der Waals surface area contributed by atoms with E-state index in [1.165, 1.54) is 11.3 Å². The second kappa shape index (κ2) is 8.77. The number of amides is 2. The number of nitrogens with zero attached hydrogens (tertiary/aromatic N) is 2. The molecule has 2 rings (SSSR count). The average Bonchev–Trinajstić information content (AvgIpc) is 2.60. The highest BCUT2D eigenvalue weighted by Crippen LogP contribution is 2.17. The lowest BCUT2D eigenvalue weighted by atomic mass is 10.1. The molecule has 1 fully saturated rings. The largest absolute Gasteiger partial charge is 0.396 e. The zero-order chi connectivity index (χ0) is 16.7. The van der Waals surface area contributed by atoms with Crippen molar-refractivity contribution in [2.75, 3.05) is 37.7 Å². The monoisotopic (exact) mass is 319 g/mol. The fourth-order valence-electron chi connectivity index (χ4n) is 2.88. The van der Waals surface area contributed by atoms with Crippen LogP contribution in [0.2, 0.25) is 0 Å². The van der Waals surface area contributed by atoms with Gasteiger partial charge < -0.3 is 20.2 Å². The lowest BCUT2D eigenvalue weighted by Crippen LogP contribution is -2.53. The maximum Gasteiger partial charge on any atom is 0.317 e. The number of benzene rings is 1. The number of aryl methyl sites for hydroxylation is 1. The molecule has 0 radical (unpaired) electrons. The van der Waals surface area contributed by atoms with Crippen molar-refractivity contribution in [1.82, 2.24) is 10.2 Å². The SMILES string of the molecule is CCc1ccc(N2CCN(C(=O)NC(C)CCCO)CC2)cc1. The minimum Gasteiger partial charge on any atom is -0.396 e. The molecule has 0 bridgehead atoms. The van der Waals surface area contributed by atoms with Crippen LogP contribution in [-0.4, -0.2) is 54.9 Å². The molecular formula is C18H29N3O2. The van der Waals surface area contributed by atoms with Gasteiger partial charge >= 0.3 is 6.03 Å². The van der Waals surface area contributed by atoms with Gasteiger partial charge in [0.05, 0.1) is 0 Å². The van der Waals surface area contributed by atoms with E-state index in [-0.39, 0.29) is 18.7 Å². The second-order valence-corrected chi connectivity index (χ2v) is 6.21. The zero-order valence-electron chi connectivity index (χ0n) is 14.3. The number of urea groups is 1. The number of carbonyl (C=O) groups excluding carboxylic acids is 1. The summed E-state index contributed by atoms with van der Waals surface area (Å²) in [6.45, 7) is 7.54. The number of hydrogen-bond donors (Lipinski definition) is 2. The molecule has 0 aliphatic carbocycles. The maximum atomic E-state index is 12.2. The summed E-state index contributed by atoms with van der Waals surface area (Å²) in [4.78, 5) is 16.4. The van der Waals surface area contributed by atoms with E-state index < -0.39 is 0 Å². The third-order valence-electron chi connectivity index (χ3n) is 4.44. The molecule has 1 unspecified atom stereocenters. The van der Waals surface area contributed by atoms with Crippen molar-refractivity contribution in [1.29, 1.82) is 0 Å². The number of aliphatic hydroxyl groups excluding tert-OH is 1. The van der Waals surface area contributed by atoms with Gasteiger partial charge in [-0.05, 0) is 43.9 Å². The van der Waals surface area contributed by atoms with Crippen LogP contribution < -0.4 is 10.2 Å². The lowest BCUT2D eigenvalue weighted by molar-refractivity contribution is 0.189. The molecule has 0 spiro atoms. The summed E-state index contributed by atoms with van der Waals surface area (Å²) in [6.07, 6.45) is 2.59. The number of aliphatic hydroxyl groups is 1. The van der Waals surface area contributed by atoms with Gasteiger partial charge in [0.25, 0.3) is 0 Å². The van der Waals surface area contributed by atoms with Crippen molar-refractivity contribution in [3.8, 4) is 0 Å². The van der Waals surface area contributed by atoms with E-state index in [0.717, 1.165) is 45.4 Å². The Morgan fingerprint density at radius 2 is 1.87 bits per heavy atom. The molecule has 1 atom stereocenters. The highest BCUT2D eigenvalue weighted by molar-refractivity contribution is 5.74. The van der Waals surface area contributed by atoms with Crippen LogP contribution in [0.3, 0.4) is 0 Å². The van der Waals surface area contributed by atoms with Gasteiger partial charge in [-0.2, -0.15) is 0 Å². The van der Waals surface area contributed by atoms with Gasteiger partial charge in [0, 0.05) is 44.5 Å². The maximum absolute atomic E-state index is 12.2. The molecule has 1 aromatic carbocycles.